The first kappa shape index (κ1) is 15.3. The Morgan fingerprint density at radius 2 is 2.36 bits per heavy atom. The molecule has 0 saturated carbocycles. The molecule has 1 aliphatic heterocycles. The highest BCUT2D eigenvalue weighted by atomic mass is 35.5. The predicted octanol–water partition coefficient (Wildman–Crippen LogP) is 2.60. The summed E-state index contributed by atoms with van der Waals surface area (Å²) in [4.78, 5) is 16.9. The van der Waals surface area contributed by atoms with Gasteiger partial charge in [-0.1, -0.05) is 18.0 Å². The van der Waals surface area contributed by atoms with Crippen molar-refractivity contribution in [3.63, 3.8) is 0 Å². The molecular weight excluding hydrogens is 300 g/mol. The Kier molecular flexibility index (Phi) is 4.64. The summed E-state index contributed by atoms with van der Waals surface area (Å²) >= 11 is 6.04. The molecule has 1 fully saturated rings. The molecule has 1 aliphatic rings. The number of fused-ring (bicyclic) bond motifs is 1. The van der Waals surface area contributed by atoms with Gasteiger partial charge >= 0.3 is 0 Å². The molecular formula is C16H21ClN4O. The van der Waals surface area contributed by atoms with Gasteiger partial charge in [-0.2, -0.15) is 0 Å². The van der Waals surface area contributed by atoms with Crippen LogP contribution in [0.2, 0.25) is 5.02 Å². The number of rotatable bonds is 4. The van der Waals surface area contributed by atoms with Gasteiger partial charge in [-0.15, -0.1) is 0 Å². The molecule has 3 heterocycles. The van der Waals surface area contributed by atoms with E-state index in [2.05, 4.69) is 15.6 Å². The zero-order chi connectivity index (χ0) is 15.5. The zero-order valence-electron chi connectivity index (χ0n) is 12.7. The van der Waals surface area contributed by atoms with Crippen molar-refractivity contribution in [2.24, 2.45) is 0 Å². The molecule has 1 saturated heterocycles. The van der Waals surface area contributed by atoms with Crippen molar-refractivity contribution < 1.29 is 0 Å². The van der Waals surface area contributed by atoms with Crippen LogP contribution in [-0.4, -0.2) is 28.5 Å². The van der Waals surface area contributed by atoms with Crippen molar-refractivity contribution in [1.29, 1.82) is 0 Å². The van der Waals surface area contributed by atoms with E-state index in [4.69, 9.17) is 11.6 Å². The number of hydrogen-bond donors (Lipinski definition) is 2. The average Bonchev–Trinajstić information content (AvgIpc) is 2.51. The number of pyridine rings is 1. The quantitative estimate of drug-likeness (QED) is 0.909. The number of nitrogens with one attached hydrogen (secondary N) is 2. The van der Waals surface area contributed by atoms with Crippen LogP contribution < -0.4 is 16.2 Å². The predicted molar refractivity (Wildman–Crippen MR) is 90.0 cm³/mol. The maximum absolute atomic E-state index is 12.5. The van der Waals surface area contributed by atoms with Crippen LogP contribution >= 0.6 is 11.6 Å². The molecule has 2 aromatic heterocycles. The van der Waals surface area contributed by atoms with Crippen molar-refractivity contribution in [1.82, 2.24) is 14.7 Å². The summed E-state index contributed by atoms with van der Waals surface area (Å²) < 4.78 is 1.51. The Balaban J connectivity index is 1.74. The monoisotopic (exact) mass is 320 g/mol. The average molecular weight is 321 g/mol. The molecule has 5 nitrogen and oxygen atoms in total. The number of anilines is 1. The van der Waals surface area contributed by atoms with Crippen LogP contribution in [-0.2, 0) is 0 Å². The van der Waals surface area contributed by atoms with Gasteiger partial charge in [0.1, 0.15) is 11.3 Å². The minimum atomic E-state index is -0.104. The van der Waals surface area contributed by atoms with Gasteiger partial charge in [-0.3, -0.25) is 9.20 Å². The number of aromatic nitrogens is 2. The summed E-state index contributed by atoms with van der Waals surface area (Å²) in [5, 5.41) is 7.26. The Morgan fingerprint density at radius 3 is 3.14 bits per heavy atom. The van der Waals surface area contributed by atoms with Crippen LogP contribution in [0.25, 0.3) is 5.65 Å². The minimum Gasteiger partial charge on any atom is -0.379 e. The Hall–Kier alpha value is -1.59. The molecule has 2 N–H and O–H groups in total. The van der Waals surface area contributed by atoms with Gasteiger partial charge in [0.2, 0.25) is 0 Å². The summed E-state index contributed by atoms with van der Waals surface area (Å²) in [6.07, 6.45) is 8.01. The maximum Gasteiger partial charge on any atom is 0.281 e. The van der Waals surface area contributed by atoms with Crippen LogP contribution in [0.5, 0.6) is 0 Å². The Bertz CT molecular complexity index is 722. The van der Waals surface area contributed by atoms with Gasteiger partial charge in [0.25, 0.3) is 5.56 Å². The number of piperidine rings is 1. The lowest BCUT2D eigenvalue weighted by atomic mass is 10.0. The second-order valence-corrected chi connectivity index (χ2v) is 6.31. The number of nitrogens with zero attached hydrogens (tertiary/aromatic N) is 2. The molecule has 0 spiro atoms. The van der Waals surface area contributed by atoms with E-state index in [0.29, 0.717) is 22.4 Å². The lowest BCUT2D eigenvalue weighted by molar-refractivity contribution is 0.389. The van der Waals surface area contributed by atoms with Crippen molar-refractivity contribution in [3.8, 4) is 0 Å². The van der Waals surface area contributed by atoms with E-state index in [0.717, 1.165) is 25.1 Å². The Labute approximate surface area is 134 Å². The van der Waals surface area contributed by atoms with Gasteiger partial charge in [-0.25, -0.2) is 4.98 Å². The van der Waals surface area contributed by atoms with E-state index >= 15 is 0 Å². The zero-order valence-corrected chi connectivity index (χ0v) is 13.5. The van der Waals surface area contributed by atoms with E-state index < -0.39 is 0 Å². The molecule has 118 valence electrons. The first-order chi connectivity index (χ1) is 10.6. The third-order valence-corrected chi connectivity index (χ3v) is 4.38. The first-order valence-electron chi connectivity index (χ1n) is 7.80. The van der Waals surface area contributed by atoms with Crippen molar-refractivity contribution in [3.05, 3.63) is 39.4 Å². The molecule has 0 radical (unpaired) electrons. The third-order valence-electron chi connectivity index (χ3n) is 4.17. The second-order valence-electron chi connectivity index (χ2n) is 5.87. The van der Waals surface area contributed by atoms with Crippen LogP contribution in [0.4, 0.5) is 5.69 Å². The van der Waals surface area contributed by atoms with Crippen LogP contribution in [0.3, 0.4) is 0 Å². The molecule has 6 heteroatoms. The van der Waals surface area contributed by atoms with Gasteiger partial charge in [0.15, 0.2) is 0 Å². The van der Waals surface area contributed by atoms with E-state index in [1.807, 2.05) is 13.0 Å². The van der Waals surface area contributed by atoms with Crippen LogP contribution in [0, 0.1) is 6.92 Å². The van der Waals surface area contributed by atoms with Crippen LogP contribution in [0.1, 0.15) is 31.2 Å². The topological polar surface area (TPSA) is 58.4 Å². The van der Waals surface area contributed by atoms with Gasteiger partial charge in [0, 0.05) is 18.8 Å². The molecule has 22 heavy (non-hydrogen) atoms. The van der Waals surface area contributed by atoms with E-state index in [1.165, 1.54) is 23.7 Å². The third kappa shape index (κ3) is 3.25. The SMILES string of the molecule is Cc1cc(Cl)cn2c(=O)c(NCC[C@@H]3CCCCN3)cnc12. The van der Waals surface area contributed by atoms with Crippen molar-refractivity contribution in [2.75, 3.05) is 18.4 Å². The normalized spacial score (nSPS) is 18.5. The molecule has 0 bridgehead atoms. The lowest BCUT2D eigenvalue weighted by Gasteiger charge is -2.23. The molecule has 0 aromatic carbocycles. The van der Waals surface area contributed by atoms with E-state index in [-0.39, 0.29) is 5.56 Å². The summed E-state index contributed by atoms with van der Waals surface area (Å²) in [6, 6.07) is 2.36. The van der Waals surface area contributed by atoms with Gasteiger partial charge in [0.05, 0.1) is 11.2 Å². The molecule has 0 aliphatic carbocycles. The lowest BCUT2D eigenvalue weighted by Crippen LogP contribution is -2.35. The highest BCUT2D eigenvalue weighted by molar-refractivity contribution is 6.30. The fourth-order valence-corrected chi connectivity index (χ4v) is 3.25. The first-order valence-corrected chi connectivity index (χ1v) is 8.18. The van der Waals surface area contributed by atoms with Crippen molar-refractivity contribution >= 4 is 22.9 Å². The summed E-state index contributed by atoms with van der Waals surface area (Å²) in [5.74, 6) is 0. The fraction of sp³-hybridized carbons (Fsp3) is 0.500. The van der Waals surface area contributed by atoms with Gasteiger partial charge < -0.3 is 10.6 Å². The van der Waals surface area contributed by atoms with Gasteiger partial charge in [-0.05, 0) is 44.4 Å². The molecule has 0 amide bonds. The summed E-state index contributed by atoms with van der Waals surface area (Å²) in [5.41, 5.74) is 1.96. The van der Waals surface area contributed by atoms with Crippen LogP contribution in [0.15, 0.2) is 23.3 Å². The molecule has 0 unspecified atom stereocenters. The standard InChI is InChI=1S/C16H21ClN4O/c1-11-8-12(17)10-21-15(11)20-9-14(16(21)22)19-7-5-13-4-2-3-6-18-13/h8-10,13,18-19H,2-7H2,1H3/t13-/m0/s1. The maximum atomic E-state index is 12.5. The Morgan fingerprint density at radius 1 is 1.50 bits per heavy atom. The minimum absolute atomic E-state index is 0.104. The molecule has 1 atom stereocenters. The summed E-state index contributed by atoms with van der Waals surface area (Å²) in [6.45, 7) is 3.76. The van der Waals surface area contributed by atoms with E-state index in [9.17, 15) is 4.79 Å². The largest absolute Gasteiger partial charge is 0.379 e. The smallest absolute Gasteiger partial charge is 0.281 e. The highest BCUT2D eigenvalue weighted by Gasteiger charge is 2.12. The van der Waals surface area contributed by atoms with Crippen molar-refractivity contribution in [2.45, 2.75) is 38.6 Å². The summed E-state index contributed by atoms with van der Waals surface area (Å²) in [7, 11) is 0. The highest BCUT2D eigenvalue weighted by Crippen LogP contribution is 2.15. The number of hydrogen-bond acceptors (Lipinski definition) is 4. The second kappa shape index (κ2) is 6.67. The van der Waals surface area contributed by atoms with E-state index in [1.54, 1.807) is 12.4 Å². The fourth-order valence-electron chi connectivity index (χ4n) is 2.99. The number of aryl methyl sites for hydroxylation is 1. The molecule has 2 aromatic rings. The number of halogens is 1. The molecule has 3 rings (SSSR count).